The summed E-state index contributed by atoms with van der Waals surface area (Å²) in [5.41, 5.74) is 4.92. The molecule has 1 aromatic carbocycles. The Bertz CT molecular complexity index is 671. The standard InChI is InChI=1S/C16H17FN2S/c1-11-7-5-6-8-15(11)12(2)9-13(3)19-14(4)16(20-17)10-18-19/h5-10H,2H2,1,3-4H3/b13-9-. The van der Waals surface area contributed by atoms with Crippen molar-refractivity contribution in [3.05, 3.63) is 59.9 Å². The molecule has 0 atom stereocenters. The predicted octanol–water partition coefficient (Wildman–Crippen LogP) is 5.05. The van der Waals surface area contributed by atoms with E-state index in [0.29, 0.717) is 4.90 Å². The number of hydrogen-bond acceptors (Lipinski definition) is 2. The Kier molecular flexibility index (Phi) is 4.45. The fourth-order valence-corrected chi connectivity index (χ4v) is 2.44. The third kappa shape index (κ3) is 2.85. The Morgan fingerprint density at radius 2 is 2.05 bits per heavy atom. The highest BCUT2D eigenvalue weighted by atomic mass is 32.2. The molecule has 20 heavy (non-hydrogen) atoms. The number of benzene rings is 1. The number of nitrogens with zero attached hydrogens (tertiary/aromatic N) is 2. The predicted molar refractivity (Wildman–Crippen MR) is 84.1 cm³/mol. The van der Waals surface area contributed by atoms with Crippen LogP contribution in [0.5, 0.6) is 0 Å². The summed E-state index contributed by atoms with van der Waals surface area (Å²) in [7, 11) is 0. The van der Waals surface area contributed by atoms with Crippen molar-refractivity contribution >= 4 is 23.4 Å². The molecule has 0 aliphatic heterocycles. The van der Waals surface area contributed by atoms with Gasteiger partial charge in [-0.3, -0.25) is 0 Å². The second kappa shape index (κ2) is 6.09. The molecule has 2 aromatic rings. The van der Waals surface area contributed by atoms with E-state index >= 15 is 0 Å². The molecule has 0 saturated carbocycles. The zero-order valence-corrected chi connectivity index (χ0v) is 12.7. The molecule has 2 rings (SSSR count). The molecule has 2 nitrogen and oxygen atoms in total. The Morgan fingerprint density at radius 1 is 1.35 bits per heavy atom. The maximum atomic E-state index is 12.7. The molecule has 1 aromatic heterocycles. The zero-order valence-electron chi connectivity index (χ0n) is 11.9. The second-order valence-electron chi connectivity index (χ2n) is 4.71. The molecule has 0 N–H and O–H groups in total. The second-order valence-corrected chi connectivity index (χ2v) is 5.30. The van der Waals surface area contributed by atoms with Crippen molar-refractivity contribution in [2.24, 2.45) is 0 Å². The van der Waals surface area contributed by atoms with Crippen LogP contribution in [0.1, 0.15) is 23.7 Å². The first-order valence-corrected chi connectivity index (χ1v) is 7.03. The molecule has 4 heteroatoms. The lowest BCUT2D eigenvalue weighted by Gasteiger charge is -2.08. The first-order chi connectivity index (χ1) is 9.54. The fourth-order valence-electron chi connectivity index (χ4n) is 2.15. The van der Waals surface area contributed by atoms with E-state index in [1.807, 2.05) is 38.1 Å². The number of aryl methyl sites for hydroxylation is 1. The number of aromatic nitrogens is 2. The lowest BCUT2D eigenvalue weighted by atomic mass is 10.0. The summed E-state index contributed by atoms with van der Waals surface area (Å²) in [6.45, 7) is 9.96. The van der Waals surface area contributed by atoms with Gasteiger partial charge in [0.15, 0.2) is 0 Å². The van der Waals surface area contributed by atoms with Crippen LogP contribution in [0.3, 0.4) is 0 Å². The molecular weight excluding hydrogens is 271 g/mol. The summed E-state index contributed by atoms with van der Waals surface area (Å²) >= 11 is 0.218. The van der Waals surface area contributed by atoms with Crippen LogP contribution in [-0.4, -0.2) is 9.78 Å². The van der Waals surface area contributed by atoms with Crippen molar-refractivity contribution in [2.75, 3.05) is 0 Å². The molecule has 0 aliphatic rings. The van der Waals surface area contributed by atoms with Gasteiger partial charge in [-0.05, 0) is 43.5 Å². The van der Waals surface area contributed by atoms with E-state index in [9.17, 15) is 3.89 Å². The summed E-state index contributed by atoms with van der Waals surface area (Å²) in [6, 6.07) is 8.10. The summed E-state index contributed by atoms with van der Waals surface area (Å²) in [5.74, 6) is 0. The highest BCUT2D eigenvalue weighted by Gasteiger charge is 2.09. The third-order valence-corrected chi connectivity index (χ3v) is 3.82. The number of hydrogen-bond donors (Lipinski definition) is 0. The highest BCUT2D eigenvalue weighted by Crippen LogP contribution is 2.26. The molecule has 0 spiro atoms. The summed E-state index contributed by atoms with van der Waals surface area (Å²) in [4.78, 5) is 0.541. The van der Waals surface area contributed by atoms with E-state index in [1.165, 1.54) is 11.8 Å². The average Bonchev–Trinajstić information content (AvgIpc) is 2.80. The number of allylic oxidation sites excluding steroid dienone is 3. The minimum absolute atomic E-state index is 0.218. The Morgan fingerprint density at radius 3 is 2.65 bits per heavy atom. The maximum Gasteiger partial charge on any atom is 0.0848 e. The first-order valence-electron chi connectivity index (χ1n) is 6.31. The average molecular weight is 288 g/mol. The van der Waals surface area contributed by atoms with Crippen molar-refractivity contribution in [1.82, 2.24) is 9.78 Å². The summed E-state index contributed by atoms with van der Waals surface area (Å²) < 4.78 is 14.4. The number of halogens is 1. The van der Waals surface area contributed by atoms with Gasteiger partial charge in [-0.25, -0.2) is 4.68 Å². The van der Waals surface area contributed by atoms with Gasteiger partial charge in [0, 0.05) is 5.70 Å². The molecule has 0 radical (unpaired) electrons. The molecule has 0 aliphatic carbocycles. The molecule has 0 bridgehead atoms. The molecule has 1 heterocycles. The smallest absolute Gasteiger partial charge is 0.0848 e. The van der Waals surface area contributed by atoms with E-state index in [0.717, 1.165) is 22.5 Å². The van der Waals surface area contributed by atoms with Crippen molar-refractivity contribution < 1.29 is 3.89 Å². The lowest BCUT2D eigenvalue weighted by molar-refractivity contribution is 0.856. The van der Waals surface area contributed by atoms with E-state index < -0.39 is 0 Å². The third-order valence-electron chi connectivity index (χ3n) is 3.26. The first kappa shape index (κ1) is 14.6. The summed E-state index contributed by atoms with van der Waals surface area (Å²) in [6.07, 6.45) is 3.50. The van der Waals surface area contributed by atoms with Gasteiger partial charge in [0.1, 0.15) is 0 Å². The van der Waals surface area contributed by atoms with Gasteiger partial charge >= 0.3 is 0 Å². The van der Waals surface area contributed by atoms with Crippen molar-refractivity contribution in [3.8, 4) is 0 Å². The highest BCUT2D eigenvalue weighted by molar-refractivity contribution is 7.94. The van der Waals surface area contributed by atoms with Gasteiger partial charge in [-0.1, -0.05) is 30.8 Å². The van der Waals surface area contributed by atoms with Crippen LogP contribution in [0, 0.1) is 13.8 Å². The Balaban J connectivity index is 2.33. The van der Waals surface area contributed by atoms with Gasteiger partial charge in [0.05, 0.1) is 28.9 Å². The fraction of sp³-hybridized carbons (Fsp3) is 0.188. The van der Waals surface area contributed by atoms with Crippen LogP contribution in [0.2, 0.25) is 0 Å². The van der Waals surface area contributed by atoms with E-state index in [2.05, 4.69) is 24.7 Å². The van der Waals surface area contributed by atoms with E-state index in [4.69, 9.17) is 0 Å². The van der Waals surface area contributed by atoms with Crippen LogP contribution in [0.25, 0.3) is 11.3 Å². The minimum atomic E-state index is 0.218. The zero-order chi connectivity index (χ0) is 14.7. The molecular formula is C16H17FN2S. The monoisotopic (exact) mass is 288 g/mol. The van der Waals surface area contributed by atoms with Crippen LogP contribution in [0.4, 0.5) is 3.89 Å². The van der Waals surface area contributed by atoms with Crippen LogP contribution in [0.15, 0.2) is 48.0 Å². The van der Waals surface area contributed by atoms with E-state index in [1.54, 1.807) is 4.68 Å². The SMILES string of the molecule is C=C(/C=C(/C)n1ncc(SF)c1C)c1ccccc1C. The van der Waals surface area contributed by atoms with Crippen molar-refractivity contribution in [3.63, 3.8) is 0 Å². The Hall–Kier alpha value is -1.81. The molecule has 0 unspecified atom stereocenters. The topological polar surface area (TPSA) is 17.8 Å². The van der Waals surface area contributed by atoms with Crippen molar-refractivity contribution in [2.45, 2.75) is 25.7 Å². The van der Waals surface area contributed by atoms with Gasteiger partial charge in [0.2, 0.25) is 0 Å². The van der Waals surface area contributed by atoms with Crippen molar-refractivity contribution in [1.29, 1.82) is 0 Å². The molecule has 0 amide bonds. The summed E-state index contributed by atoms with van der Waals surface area (Å²) in [5, 5.41) is 4.20. The van der Waals surface area contributed by atoms with Crippen LogP contribution in [-0.2, 0) is 0 Å². The van der Waals surface area contributed by atoms with Gasteiger partial charge in [0.25, 0.3) is 0 Å². The Labute approximate surface area is 123 Å². The van der Waals surface area contributed by atoms with Crippen LogP contribution < -0.4 is 0 Å². The largest absolute Gasteiger partial charge is 0.241 e. The van der Waals surface area contributed by atoms with E-state index in [-0.39, 0.29) is 12.1 Å². The molecule has 104 valence electrons. The molecule has 0 saturated heterocycles. The normalized spacial score (nSPS) is 11.7. The van der Waals surface area contributed by atoms with Gasteiger partial charge < -0.3 is 0 Å². The van der Waals surface area contributed by atoms with Gasteiger partial charge in [-0.15, -0.1) is 0 Å². The quantitative estimate of drug-likeness (QED) is 0.733. The molecule has 0 fully saturated rings. The number of rotatable bonds is 4. The maximum absolute atomic E-state index is 12.7. The van der Waals surface area contributed by atoms with Crippen LogP contribution >= 0.6 is 12.1 Å². The van der Waals surface area contributed by atoms with Gasteiger partial charge in [-0.2, -0.15) is 8.98 Å². The minimum Gasteiger partial charge on any atom is -0.241 e. The lowest BCUT2D eigenvalue weighted by Crippen LogP contribution is -1.99.